The normalized spacial score (nSPS) is 10.9. The topological polar surface area (TPSA) is 42.2 Å². The number of hydrogen-bond acceptors (Lipinski definition) is 3. The zero-order chi connectivity index (χ0) is 13.9. The highest BCUT2D eigenvalue weighted by atomic mass is 35.5. The molecule has 1 N–H and O–H groups in total. The van der Waals surface area contributed by atoms with E-state index in [4.69, 9.17) is 11.6 Å². The molecule has 0 spiro atoms. The van der Waals surface area contributed by atoms with Gasteiger partial charge >= 0.3 is 0 Å². The second kappa shape index (κ2) is 5.51. The summed E-state index contributed by atoms with van der Waals surface area (Å²) in [7, 11) is 0. The largest absolute Gasteiger partial charge is 0.370 e. The van der Waals surface area contributed by atoms with Gasteiger partial charge in [0.2, 0.25) is 0 Å². The summed E-state index contributed by atoms with van der Waals surface area (Å²) in [5.41, 5.74) is 2.71. The average Bonchev–Trinajstić information content (AvgIpc) is 2.93. The van der Waals surface area contributed by atoms with Crippen molar-refractivity contribution in [2.24, 2.45) is 0 Å². The molecular formula is C15H15ClN4. The lowest BCUT2D eigenvalue weighted by atomic mass is 10.1. The first-order valence-electron chi connectivity index (χ1n) is 6.62. The number of hydrogen-bond donors (Lipinski definition) is 1. The van der Waals surface area contributed by atoms with Gasteiger partial charge in [-0.3, -0.25) is 0 Å². The van der Waals surface area contributed by atoms with Crippen LogP contribution in [0.2, 0.25) is 5.02 Å². The van der Waals surface area contributed by atoms with Gasteiger partial charge in [0.1, 0.15) is 5.82 Å². The van der Waals surface area contributed by atoms with E-state index in [1.807, 2.05) is 40.9 Å². The van der Waals surface area contributed by atoms with E-state index in [1.165, 1.54) is 0 Å². The Labute approximate surface area is 122 Å². The fraction of sp³-hybridized carbons (Fsp3) is 0.200. The van der Waals surface area contributed by atoms with Crippen molar-refractivity contribution in [3.05, 3.63) is 47.6 Å². The lowest BCUT2D eigenvalue weighted by Gasteiger charge is -2.10. The minimum atomic E-state index is 0.709. The molecule has 2 aromatic heterocycles. The number of halogens is 1. The number of nitrogens with zero attached hydrogens (tertiary/aromatic N) is 3. The standard InChI is InChI=1S/C15H15ClN4/c1-2-7-17-15-10-13(11-4-3-5-12(16)9-11)19-14-6-8-18-20(14)15/h3-6,8-10,17H,2,7H2,1H3. The third kappa shape index (κ3) is 2.47. The van der Waals surface area contributed by atoms with Crippen LogP contribution in [0.5, 0.6) is 0 Å². The molecule has 0 bridgehead atoms. The third-order valence-electron chi connectivity index (χ3n) is 3.04. The number of rotatable bonds is 4. The number of fused-ring (bicyclic) bond motifs is 1. The molecule has 0 radical (unpaired) electrons. The van der Waals surface area contributed by atoms with Gasteiger partial charge in [-0.1, -0.05) is 30.7 Å². The second-order valence-electron chi connectivity index (χ2n) is 4.56. The second-order valence-corrected chi connectivity index (χ2v) is 5.00. The molecule has 4 nitrogen and oxygen atoms in total. The van der Waals surface area contributed by atoms with Gasteiger partial charge in [0, 0.05) is 29.3 Å². The number of benzene rings is 1. The lowest BCUT2D eigenvalue weighted by Crippen LogP contribution is -2.07. The van der Waals surface area contributed by atoms with Crippen molar-refractivity contribution in [2.45, 2.75) is 13.3 Å². The maximum Gasteiger partial charge on any atom is 0.157 e. The first-order chi connectivity index (χ1) is 9.78. The van der Waals surface area contributed by atoms with Gasteiger partial charge in [-0.2, -0.15) is 9.61 Å². The molecular weight excluding hydrogens is 272 g/mol. The Hall–Kier alpha value is -2.07. The Morgan fingerprint density at radius 3 is 2.95 bits per heavy atom. The Balaban J connectivity index is 2.11. The SMILES string of the molecule is CCCNc1cc(-c2cccc(Cl)c2)nc2ccnn12. The number of nitrogens with one attached hydrogen (secondary N) is 1. The van der Waals surface area contributed by atoms with Gasteiger partial charge in [0.15, 0.2) is 5.65 Å². The van der Waals surface area contributed by atoms with Crippen LogP contribution in [0.15, 0.2) is 42.6 Å². The number of anilines is 1. The Morgan fingerprint density at radius 1 is 1.25 bits per heavy atom. The summed E-state index contributed by atoms with van der Waals surface area (Å²) in [6.45, 7) is 3.03. The molecule has 20 heavy (non-hydrogen) atoms. The summed E-state index contributed by atoms with van der Waals surface area (Å²) in [5, 5.41) is 8.37. The highest BCUT2D eigenvalue weighted by molar-refractivity contribution is 6.30. The van der Waals surface area contributed by atoms with E-state index in [0.717, 1.165) is 35.7 Å². The Kier molecular flexibility index (Phi) is 3.56. The maximum atomic E-state index is 6.05. The molecule has 3 rings (SSSR count). The predicted molar refractivity (Wildman–Crippen MR) is 82.2 cm³/mol. The van der Waals surface area contributed by atoms with E-state index in [2.05, 4.69) is 22.3 Å². The van der Waals surface area contributed by atoms with E-state index in [-0.39, 0.29) is 0 Å². The fourth-order valence-electron chi connectivity index (χ4n) is 2.09. The van der Waals surface area contributed by atoms with E-state index >= 15 is 0 Å². The van der Waals surface area contributed by atoms with Crippen molar-refractivity contribution in [1.29, 1.82) is 0 Å². The van der Waals surface area contributed by atoms with E-state index in [1.54, 1.807) is 6.20 Å². The van der Waals surface area contributed by atoms with Crippen molar-refractivity contribution in [3.8, 4) is 11.3 Å². The molecule has 0 unspecified atom stereocenters. The summed E-state index contributed by atoms with van der Waals surface area (Å²) in [6.07, 6.45) is 2.80. The molecule has 0 aliphatic rings. The summed E-state index contributed by atoms with van der Waals surface area (Å²) in [4.78, 5) is 4.62. The Morgan fingerprint density at radius 2 is 2.15 bits per heavy atom. The van der Waals surface area contributed by atoms with Crippen LogP contribution >= 0.6 is 11.6 Å². The fourth-order valence-corrected chi connectivity index (χ4v) is 2.28. The molecule has 0 atom stereocenters. The smallest absolute Gasteiger partial charge is 0.157 e. The molecule has 0 aliphatic heterocycles. The van der Waals surface area contributed by atoms with Crippen LogP contribution in [-0.2, 0) is 0 Å². The molecule has 0 saturated heterocycles. The van der Waals surface area contributed by atoms with Crippen LogP contribution in [0.4, 0.5) is 5.82 Å². The van der Waals surface area contributed by atoms with Crippen LogP contribution < -0.4 is 5.32 Å². The highest BCUT2D eigenvalue weighted by Crippen LogP contribution is 2.24. The van der Waals surface area contributed by atoms with E-state index in [9.17, 15) is 0 Å². The molecule has 102 valence electrons. The van der Waals surface area contributed by atoms with E-state index < -0.39 is 0 Å². The van der Waals surface area contributed by atoms with Crippen LogP contribution in [-0.4, -0.2) is 21.1 Å². The molecule has 1 aromatic carbocycles. The monoisotopic (exact) mass is 286 g/mol. The van der Waals surface area contributed by atoms with Gasteiger partial charge < -0.3 is 5.32 Å². The maximum absolute atomic E-state index is 6.05. The van der Waals surface area contributed by atoms with Crippen molar-refractivity contribution in [1.82, 2.24) is 14.6 Å². The Bertz CT molecular complexity index is 736. The van der Waals surface area contributed by atoms with Gasteiger partial charge in [-0.05, 0) is 18.6 Å². The molecule has 0 amide bonds. The quantitative estimate of drug-likeness (QED) is 0.791. The molecule has 5 heteroatoms. The summed E-state index contributed by atoms with van der Waals surface area (Å²) >= 11 is 6.05. The van der Waals surface area contributed by atoms with Gasteiger partial charge in [-0.25, -0.2) is 4.98 Å². The van der Waals surface area contributed by atoms with Gasteiger partial charge in [0.25, 0.3) is 0 Å². The molecule has 0 aliphatic carbocycles. The lowest BCUT2D eigenvalue weighted by molar-refractivity contribution is 0.904. The molecule has 0 fully saturated rings. The molecule has 2 heterocycles. The van der Waals surface area contributed by atoms with Crippen LogP contribution in [0.1, 0.15) is 13.3 Å². The highest BCUT2D eigenvalue weighted by Gasteiger charge is 2.08. The summed E-state index contributed by atoms with van der Waals surface area (Å²) < 4.78 is 1.81. The first-order valence-corrected chi connectivity index (χ1v) is 7.00. The summed E-state index contributed by atoms with van der Waals surface area (Å²) in [6, 6.07) is 11.6. The van der Waals surface area contributed by atoms with Crippen LogP contribution in [0.3, 0.4) is 0 Å². The third-order valence-corrected chi connectivity index (χ3v) is 3.27. The average molecular weight is 287 g/mol. The summed E-state index contributed by atoms with van der Waals surface area (Å²) in [5.74, 6) is 0.942. The zero-order valence-corrected chi connectivity index (χ0v) is 11.9. The van der Waals surface area contributed by atoms with Gasteiger partial charge in [-0.15, -0.1) is 0 Å². The molecule has 3 aromatic rings. The van der Waals surface area contributed by atoms with Gasteiger partial charge in [0.05, 0.1) is 11.9 Å². The van der Waals surface area contributed by atoms with Crippen molar-refractivity contribution < 1.29 is 0 Å². The zero-order valence-electron chi connectivity index (χ0n) is 11.2. The van der Waals surface area contributed by atoms with Crippen LogP contribution in [0.25, 0.3) is 16.9 Å². The van der Waals surface area contributed by atoms with Crippen molar-refractivity contribution in [2.75, 3.05) is 11.9 Å². The minimum Gasteiger partial charge on any atom is -0.370 e. The van der Waals surface area contributed by atoms with E-state index in [0.29, 0.717) is 5.02 Å². The first kappa shape index (κ1) is 12.9. The van der Waals surface area contributed by atoms with Crippen molar-refractivity contribution >= 4 is 23.1 Å². The molecule has 0 saturated carbocycles. The van der Waals surface area contributed by atoms with Crippen LogP contribution in [0, 0.1) is 0 Å². The predicted octanol–water partition coefficient (Wildman–Crippen LogP) is 3.87. The van der Waals surface area contributed by atoms with Crippen molar-refractivity contribution in [3.63, 3.8) is 0 Å². The minimum absolute atomic E-state index is 0.709. The number of aromatic nitrogens is 3.